The van der Waals surface area contributed by atoms with Crippen molar-refractivity contribution < 1.29 is 0 Å². The summed E-state index contributed by atoms with van der Waals surface area (Å²) in [5.74, 6) is 0. The minimum absolute atomic E-state index is 0.938. The number of aromatic nitrogens is 2. The molecule has 0 aliphatic carbocycles. The molecule has 0 saturated carbocycles. The molecule has 0 aliphatic heterocycles. The Morgan fingerprint density at radius 3 is 2.38 bits per heavy atom. The first kappa shape index (κ1) is 5.03. The molecular formula is C5H7N3. The molecule has 0 radical (unpaired) electrons. The van der Waals surface area contributed by atoms with Gasteiger partial charge < -0.3 is 5.32 Å². The van der Waals surface area contributed by atoms with Gasteiger partial charge in [-0.15, -0.1) is 0 Å². The smallest absolute Gasteiger partial charge is 0.115 e. The predicted octanol–water partition coefficient (Wildman–Crippen LogP) is 0.518. The normalized spacial score (nSPS) is 8.62. The molecular weight excluding hydrogens is 102 g/mol. The Morgan fingerprint density at radius 2 is 2.00 bits per heavy atom. The maximum Gasteiger partial charge on any atom is 0.115 e. The van der Waals surface area contributed by atoms with Gasteiger partial charge in [0.25, 0.3) is 0 Å². The van der Waals surface area contributed by atoms with Crippen molar-refractivity contribution in [2.45, 2.75) is 0 Å². The van der Waals surface area contributed by atoms with Crippen molar-refractivity contribution in [2.24, 2.45) is 0 Å². The molecule has 1 aromatic heterocycles. The summed E-state index contributed by atoms with van der Waals surface area (Å²) in [5.41, 5.74) is 0.938. The van der Waals surface area contributed by atoms with Gasteiger partial charge in [-0.1, -0.05) is 0 Å². The van der Waals surface area contributed by atoms with E-state index in [0.717, 1.165) is 5.69 Å². The number of hydrogen-bond acceptors (Lipinski definition) is 3. The SMILES string of the molecule is CNc1cncnc1. The first-order chi connectivity index (χ1) is 3.93. The van der Waals surface area contributed by atoms with Crippen LogP contribution in [0, 0.1) is 0 Å². The van der Waals surface area contributed by atoms with Gasteiger partial charge in [-0.2, -0.15) is 0 Å². The Bertz CT molecular complexity index is 149. The van der Waals surface area contributed by atoms with Gasteiger partial charge in [0, 0.05) is 7.05 Å². The quantitative estimate of drug-likeness (QED) is 0.571. The van der Waals surface area contributed by atoms with E-state index in [1.165, 1.54) is 6.33 Å². The van der Waals surface area contributed by atoms with Gasteiger partial charge in [-0.05, 0) is 0 Å². The van der Waals surface area contributed by atoms with E-state index in [-0.39, 0.29) is 0 Å². The number of nitrogens with one attached hydrogen (secondary N) is 1. The topological polar surface area (TPSA) is 37.8 Å². The summed E-state index contributed by atoms with van der Waals surface area (Å²) < 4.78 is 0. The van der Waals surface area contributed by atoms with Crippen LogP contribution in [0.4, 0.5) is 5.69 Å². The molecule has 3 heteroatoms. The fraction of sp³-hybridized carbons (Fsp3) is 0.200. The molecule has 1 rings (SSSR count). The zero-order valence-electron chi connectivity index (χ0n) is 4.63. The van der Waals surface area contributed by atoms with Crippen molar-refractivity contribution in [3.63, 3.8) is 0 Å². The lowest BCUT2D eigenvalue weighted by atomic mass is 10.5. The van der Waals surface area contributed by atoms with Crippen molar-refractivity contribution in [3.05, 3.63) is 18.7 Å². The van der Waals surface area contributed by atoms with E-state index >= 15 is 0 Å². The number of anilines is 1. The van der Waals surface area contributed by atoms with Crippen molar-refractivity contribution in [1.29, 1.82) is 0 Å². The first-order valence-electron chi connectivity index (χ1n) is 2.36. The molecule has 0 aliphatic rings. The second-order valence-corrected chi connectivity index (χ2v) is 1.38. The highest BCUT2D eigenvalue weighted by molar-refractivity contribution is 5.35. The van der Waals surface area contributed by atoms with Gasteiger partial charge in [0.15, 0.2) is 0 Å². The van der Waals surface area contributed by atoms with Crippen LogP contribution in [-0.4, -0.2) is 17.0 Å². The van der Waals surface area contributed by atoms with Crippen LogP contribution in [0.15, 0.2) is 18.7 Å². The average Bonchev–Trinajstić information content (AvgIpc) is 1.90. The molecule has 1 N–H and O–H groups in total. The van der Waals surface area contributed by atoms with E-state index in [1.54, 1.807) is 12.4 Å². The lowest BCUT2D eigenvalue weighted by Gasteiger charge is -1.92. The van der Waals surface area contributed by atoms with E-state index < -0.39 is 0 Å². The van der Waals surface area contributed by atoms with Crippen LogP contribution in [0.25, 0.3) is 0 Å². The minimum atomic E-state index is 0.938. The maximum atomic E-state index is 3.78. The highest BCUT2D eigenvalue weighted by Gasteiger charge is 1.80. The zero-order valence-corrected chi connectivity index (χ0v) is 4.63. The lowest BCUT2D eigenvalue weighted by Crippen LogP contribution is -1.88. The molecule has 3 nitrogen and oxygen atoms in total. The molecule has 0 unspecified atom stereocenters. The first-order valence-corrected chi connectivity index (χ1v) is 2.36. The zero-order chi connectivity index (χ0) is 5.82. The van der Waals surface area contributed by atoms with E-state index in [9.17, 15) is 0 Å². The molecule has 0 fully saturated rings. The molecule has 0 spiro atoms. The molecule has 0 saturated heterocycles. The molecule has 1 aromatic rings. The molecule has 0 aromatic carbocycles. The molecule has 42 valence electrons. The molecule has 0 bridgehead atoms. The second kappa shape index (κ2) is 2.26. The summed E-state index contributed by atoms with van der Waals surface area (Å²) in [7, 11) is 1.83. The summed E-state index contributed by atoms with van der Waals surface area (Å²) >= 11 is 0. The monoisotopic (exact) mass is 109 g/mol. The standard InChI is InChI=1S/C5H7N3/c1-6-5-2-7-4-8-3-5/h2-4,6H,1H3. The Balaban J connectivity index is 2.83. The molecule has 8 heavy (non-hydrogen) atoms. The largest absolute Gasteiger partial charge is 0.386 e. The van der Waals surface area contributed by atoms with Crippen molar-refractivity contribution >= 4 is 5.69 Å². The fourth-order valence-corrected chi connectivity index (χ4v) is 0.428. The Kier molecular flexibility index (Phi) is 1.42. The summed E-state index contributed by atoms with van der Waals surface area (Å²) in [6, 6.07) is 0. The van der Waals surface area contributed by atoms with Crippen LogP contribution in [0.5, 0.6) is 0 Å². The van der Waals surface area contributed by atoms with Gasteiger partial charge in [-0.25, -0.2) is 9.97 Å². The van der Waals surface area contributed by atoms with Gasteiger partial charge in [0.05, 0.1) is 18.1 Å². The summed E-state index contributed by atoms with van der Waals surface area (Å²) in [4.78, 5) is 7.56. The van der Waals surface area contributed by atoms with Gasteiger partial charge in [-0.3, -0.25) is 0 Å². The van der Waals surface area contributed by atoms with Gasteiger partial charge in [0.2, 0.25) is 0 Å². The number of hydrogen-bond donors (Lipinski definition) is 1. The van der Waals surface area contributed by atoms with Crippen LogP contribution < -0.4 is 5.32 Å². The molecule has 0 atom stereocenters. The fourth-order valence-electron chi connectivity index (χ4n) is 0.428. The Morgan fingerprint density at radius 1 is 1.38 bits per heavy atom. The van der Waals surface area contributed by atoms with Crippen LogP contribution in [0.1, 0.15) is 0 Å². The third-order valence-corrected chi connectivity index (χ3v) is 0.849. The minimum Gasteiger partial charge on any atom is -0.386 e. The summed E-state index contributed by atoms with van der Waals surface area (Å²) in [6.45, 7) is 0. The van der Waals surface area contributed by atoms with Gasteiger partial charge >= 0.3 is 0 Å². The third kappa shape index (κ3) is 0.932. The maximum absolute atomic E-state index is 3.78. The van der Waals surface area contributed by atoms with Crippen LogP contribution >= 0.6 is 0 Å². The Hall–Kier alpha value is -1.12. The lowest BCUT2D eigenvalue weighted by molar-refractivity contribution is 1.16. The third-order valence-electron chi connectivity index (χ3n) is 0.849. The van der Waals surface area contributed by atoms with Crippen molar-refractivity contribution in [3.8, 4) is 0 Å². The number of rotatable bonds is 1. The summed E-state index contributed by atoms with van der Waals surface area (Å²) in [6.07, 6.45) is 4.93. The van der Waals surface area contributed by atoms with E-state index in [1.807, 2.05) is 7.05 Å². The van der Waals surface area contributed by atoms with Crippen molar-refractivity contribution in [1.82, 2.24) is 9.97 Å². The van der Waals surface area contributed by atoms with Gasteiger partial charge in [0.1, 0.15) is 6.33 Å². The van der Waals surface area contributed by atoms with Crippen LogP contribution in [-0.2, 0) is 0 Å². The average molecular weight is 109 g/mol. The Labute approximate surface area is 47.8 Å². The second-order valence-electron chi connectivity index (χ2n) is 1.38. The molecule has 1 heterocycles. The van der Waals surface area contributed by atoms with E-state index in [0.29, 0.717) is 0 Å². The number of nitrogens with zero attached hydrogens (tertiary/aromatic N) is 2. The predicted molar refractivity (Wildman–Crippen MR) is 31.6 cm³/mol. The van der Waals surface area contributed by atoms with Crippen LogP contribution in [0.3, 0.4) is 0 Å². The van der Waals surface area contributed by atoms with E-state index in [4.69, 9.17) is 0 Å². The summed E-state index contributed by atoms with van der Waals surface area (Å²) in [5, 5.41) is 2.90. The van der Waals surface area contributed by atoms with E-state index in [2.05, 4.69) is 15.3 Å². The van der Waals surface area contributed by atoms with Crippen molar-refractivity contribution in [2.75, 3.05) is 12.4 Å². The highest BCUT2D eigenvalue weighted by Crippen LogP contribution is 1.95. The van der Waals surface area contributed by atoms with Crippen LogP contribution in [0.2, 0.25) is 0 Å². The highest BCUT2D eigenvalue weighted by atomic mass is 14.9. The molecule has 0 amide bonds.